The summed E-state index contributed by atoms with van der Waals surface area (Å²) in [5, 5.41) is 11.4. The molecule has 1 heterocycles. The number of hydrogen-bond donors (Lipinski definition) is 1. The molecule has 0 aliphatic rings. The molecule has 2 rings (SSSR count). The van der Waals surface area contributed by atoms with Crippen molar-refractivity contribution in [2.24, 2.45) is 0 Å². The van der Waals surface area contributed by atoms with Crippen LogP contribution in [-0.2, 0) is 6.42 Å². The third-order valence-corrected chi connectivity index (χ3v) is 3.14. The highest BCUT2D eigenvalue weighted by Gasteiger charge is 2.10. The van der Waals surface area contributed by atoms with Gasteiger partial charge in [-0.3, -0.25) is 0 Å². The fourth-order valence-electron chi connectivity index (χ4n) is 1.70. The molecule has 0 amide bonds. The molecule has 0 bridgehead atoms. The Bertz CT molecular complexity index is 525. The van der Waals surface area contributed by atoms with Crippen LogP contribution in [0.3, 0.4) is 0 Å². The van der Waals surface area contributed by atoms with Crippen molar-refractivity contribution in [2.75, 3.05) is 13.1 Å². The van der Waals surface area contributed by atoms with Crippen LogP contribution in [0.2, 0.25) is 0 Å². The summed E-state index contributed by atoms with van der Waals surface area (Å²) in [5.74, 6) is 1.26. The van der Waals surface area contributed by atoms with E-state index >= 15 is 0 Å². The molecule has 1 aromatic heterocycles. The Hall–Kier alpha value is -1.20. The minimum absolute atomic E-state index is 0.589. The Morgan fingerprint density at radius 1 is 1.33 bits per heavy atom. The lowest BCUT2D eigenvalue weighted by Gasteiger charge is -2.01. The first-order valence-electron chi connectivity index (χ1n) is 6.00. The van der Waals surface area contributed by atoms with E-state index in [0.29, 0.717) is 11.8 Å². The summed E-state index contributed by atoms with van der Waals surface area (Å²) in [4.78, 5) is 0. The standard InChI is InChI=1S/C13H16BrN3O/c1-3-15-7-6-12-16-17-13(18-12)11-5-4-10(14)8-9(11)2/h4-5,8,15H,3,6-7H2,1-2H3. The fraction of sp³-hybridized carbons (Fsp3) is 0.385. The molecule has 0 fully saturated rings. The van der Waals surface area contributed by atoms with E-state index < -0.39 is 0 Å². The van der Waals surface area contributed by atoms with Gasteiger partial charge in [0.15, 0.2) is 0 Å². The molecule has 4 nitrogen and oxygen atoms in total. The fourth-order valence-corrected chi connectivity index (χ4v) is 2.18. The number of halogens is 1. The van der Waals surface area contributed by atoms with Crippen LogP contribution in [0.4, 0.5) is 0 Å². The lowest BCUT2D eigenvalue weighted by molar-refractivity contribution is 0.496. The Balaban J connectivity index is 2.13. The highest BCUT2D eigenvalue weighted by atomic mass is 79.9. The molecule has 0 saturated heterocycles. The van der Waals surface area contributed by atoms with Crippen LogP contribution < -0.4 is 5.32 Å². The molecule has 0 unspecified atom stereocenters. The van der Waals surface area contributed by atoms with E-state index in [1.54, 1.807) is 0 Å². The zero-order chi connectivity index (χ0) is 13.0. The minimum atomic E-state index is 0.589. The van der Waals surface area contributed by atoms with Gasteiger partial charge >= 0.3 is 0 Å². The SMILES string of the molecule is CCNCCc1nnc(-c2ccc(Br)cc2C)o1. The molecule has 0 spiro atoms. The van der Waals surface area contributed by atoms with E-state index in [1.807, 2.05) is 25.1 Å². The zero-order valence-corrected chi connectivity index (χ0v) is 12.1. The van der Waals surface area contributed by atoms with Crippen molar-refractivity contribution in [3.8, 4) is 11.5 Å². The summed E-state index contributed by atoms with van der Waals surface area (Å²) < 4.78 is 6.71. The number of nitrogens with one attached hydrogen (secondary N) is 1. The molecule has 0 saturated carbocycles. The van der Waals surface area contributed by atoms with E-state index in [4.69, 9.17) is 4.42 Å². The molecule has 0 radical (unpaired) electrons. The smallest absolute Gasteiger partial charge is 0.248 e. The molecule has 0 atom stereocenters. The summed E-state index contributed by atoms with van der Waals surface area (Å²) in [6, 6.07) is 6.00. The highest BCUT2D eigenvalue weighted by molar-refractivity contribution is 9.10. The number of nitrogens with zero attached hydrogens (tertiary/aromatic N) is 2. The third kappa shape index (κ3) is 3.17. The second kappa shape index (κ2) is 6.11. The maximum absolute atomic E-state index is 5.66. The average Bonchev–Trinajstić information content (AvgIpc) is 2.78. The molecular formula is C13H16BrN3O. The minimum Gasteiger partial charge on any atom is -0.421 e. The van der Waals surface area contributed by atoms with Crippen molar-refractivity contribution in [1.82, 2.24) is 15.5 Å². The molecule has 1 N–H and O–H groups in total. The number of likely N-dealkylation sites (N-methyl/N-ethyl adjacent to an activating group) is 1. The van der Waals surface area contributed by atoms with Crippen molar-refractivity contribution in [1.29, 1.82) is 0 Å². The first-order valence-corrected chi connectivity index (χ1v) is 6.79. The molecule has 5 heteroatoms. The third-order valence-electron chi connectivity index (χ3n) is 2.65. The zero-order valence-electron chi connectivity index (χ0n) is 10.5. The maximum Gasteiger partial charge on any atom is 0.248 e. The van der Waals surface area contributed by atoms with E-state index in [1.165, 1.54) is 0 Å². The van der Waals surface area contributed by atoms with E-state index in [2.05, 4.69) is 38.4 Å². The van der Waals surface area contributed by atoms with E-state index in [0.717, 1.165) is 35.1 Å². The summed E-state index contributed by atoms with van der Waals surface area (Å²) >= 11 is 3.44. The number of rotatable bonds is 5. The van der Waals surface area contributed by atoms with Gasteiger partial charge in [0.2, 0.25) is 11.8 Å². The number of aromatic nitrogens is 2. The summed E-state index contributed by atoms with van der Waals surface area (Å²) in [6.07, 6.45) is 0.760. The second-order valence-electron chi connectivity index (χ2n) is 4.06. The Morgan fingerprint density at radius 2 is 2.17 bits per heavy atom. The van der Waals surface area contributed by atoms with Crippen LogP contribution in [0.25, 0.3) is 11.5 Å². The van der Waals surface area contributed by atoms with Crippen LogP contribution in [0.15, 0.2) is 27.1 Å². The Kier molecular flexibility index (Phi) is 4.49. The molecule has 2 aromatic rings. The largest absolute Gasteiger partial charge is 0.421 e. The highest BCUT2D eigenvalue weighted by Crippen LogP contribution is 2.25. The second-order valence-corrected chi connectivity index (χ2v) is 4.98. The topological polar surface area (TPSA) is 51.0 Å². The van der Waals surface area contributed by atoms with Crippen LogP contribution in [0, 0.1) is 6.92 Å². The first kappa shape index (κ1) is 13.2. The van der Waals surface area contributed by atoms with Gasteiger partial charge in [-0.05, 0) is 37.2 Å². The van der Waals surface area contributed by atoms with Crippen LogP contribution in [0.5, 0.6) is 0 Å². The average molecular weight is 310 g/mol. The van der Waals surface area contributed by atoms with E-state index in [9.17, 15) is 0 Å². The summed E-state index contributed by atoms with van der Waals surface area (Å²) in [7, 11) is 0. The van der Waals surface area contributed by atoms with Crippen molar-refractivity contribution < 1.29 is 4.42 Å². The van der Waals surface area contributed by atoms with Gasteiger partial charge in [-0.25, -0.2) is 0 Å². The van der Waals surface area contributed by atoms with Gasteiger partial charge in [0.05, 0.1) is 0 Å². The number of aryl methyl sites for hydroxylation is 1. The van der Waals surface area contributed by atoms with Gasteiger partial charge in [0, 0.05) is 23.0 Å². The summed E-state index contributed by atoms with van der Waals surface area (Å²) in [6.45, 7) is 5.91. The van der Waals surface area contributed by atoms with Gasteiger partial charge < -0.3 is 9.73 Å². The van der Waals surface area contributed by atoms with Crippen molar-refractivity contribution in [3.05, 3.63) is 34.1 Å². The van der Waals surface area contributed by atoms with Gasteiger partial charge in [-0.1, -0.05) is 22.9 Å². The summed E-state index contributed by atoms with van der Waals surface area (Å²) in [5.41, 5.74) is 2.10. The maximum atomic E-state index is 5.66. The van der Waals surface area contributed by atoms with Crippen molar-refractivity contribution in [3.63, 3.8) is 0 Å². The quantitative estimate of drug-likeness (QED) is 0.863. The van der Waals surface area contributed by atoms with Gasteiger partial charge in [-0.15, -0.1) is 10.2 Å². The number of benzene rings is 1. The predicted molar refractivity (Wildman–Crippen MR) is 74.4 cm³/mol. The van der Waals surface area contributed by atoms with Gasteiger partial charge in [0.25, 0.3) is 0 Å². The lowest BCUT2D eigenvalue weighted by Crippen LogP contribution is -2.16. The molecule has 96 valence electrons. The normalized spacial score (nSPS) is 10.8. The van der Waals surface area contributed by atoms with Gasteiger partial charge in [0.1, 0.15) is 0 Å². The Labute approximate surface area is 115 Å². The van der Waals surface area contributed by atoms with Gasteiger partial charge in [-0.2, -0.15) is 0 Å². The predicted octanol–water partition coefficient (Wildman–Crippen LogP) is 2.96. The van der Waals surface area contributed by atoms with Crippen molar-refractivity contribution in [2.45, 2.75) is 20.3 Å². The monoisotopic (exact) mass is 309 g/mol. The molecule has 1 aromatic carbocycles. The van der Waals surface area contributed by atoms with Crippen LogP contribution in [-0.4, -0.2) is 23.3 Å². The number of hydrogen-bond acceptors (Lipinski definition) is 4. The van der Waals surface area contributed by atoms with Crippen LogP contribution >= 0.6 is 15.9 Å². The lowest BCUT2D eigenvalue weighted by atomic mass is 10.1. The van der Waals surface area contributed by atoms with E-state index in [-0.39, 0.29) is 0 Å². The molecular weight excluding hydrogens is 294 g/mol. The molecule has 0 aliphatic carbocycles. The molecule has 18 heavy (non-hydrogen) atoms. The van der Waals surface area contributed by atoms with Crippen LogP contribution in [0.1, 0.15) is 18.4 Å². The first-order chi connectivity index (χ1) is 8.70. The Morgan fingerprint density at radius 3 is 2.89 bits per heavy atom. The van der Waals surface area contributed by atoms with Crippen molar-refractivity contribution >= 4 is 15.9 Å². The molecule has 0 aliphatic heterocycles.